The molecule has 4 nitrogen and oxygen atoms in total. The van der Waals surface area contributed by atoms with E-state index in [1.54, 1.807) is 13.8 Å². The Kier molecular flexibility index (Phi) is 1.58. The van der Waals surface area contributed by atoms with Crippen LogP contribution in [0.15, 0.2) is 23.2 Å². The maximum absolute atomic E-state index is 11.4. The van der Waals surface area contributed by atoms with E-state index in [-0.39, 0.29) is 11.5 Å². The van der Waals surface area contributed by atoms with Gasteiger partial charge in [-0.15, -0.1) is 0 Å². The molecule has 2 aliphatic rings. The highest BCUT2D eigenvalue weighted by molar-refractivity contribution is 6.48. The van der Waals surface area contributed by atoms with Crippen LogP contribution in [0, 0.1) is 0 Å². The molecule has 0 saturated carbocycles. The minimum absolute atomic E-state index is 0.0139. The highest BCUT2D eigenvalue weighted by Crippen LogP contribution is 2.38. The molecule has 1 heterocycles. The zero-order chi connectivity index (χ0) is 10.5. The van der Waals surface area contributed by atoms with E-state index < -0.39 is 17.2 Å². The van der Waals surface area contributed by atoms with Crippen LogP contribution in [-0.4, -0.2) is 22.3 Å². The summed E-state index contributed by atoms with van der Waals surface area (Å²) in [6.45, 7) is 3.60. The van der Waals surface area contributed by atoms with Gasteiger partial charge >= 0.3 is 0 Å². The van der Waals surface area contributed by atoms with Gasteiger partial charge in [0.05, 0.1) is 0 Å². The minimum Gasteiger partial charge on any atom is -0.507 e. The third kappa shape index (κ3) is 1.14. The van der Waals surface area contributed by atoms with Crippen molar-refractivity contribution in [3.05, 3.63) is 23.2 Å². The van der Waals surface area contributed by atoms with Crippen molar-refractivity contribution in [2.24, 2.45) is 0 Å². The molecule has 2 rings (SSSR count). The van der Waals surface area contributed by atoms with Gasteiger partial charge in [0.15, 0.2) is 5.76 Å². The van der Waals surface area contributed by atoms with Crippen molar-refractivity contribution >= 4 is 11.6 Å². The first-order valence-electron chi connectivity index (χ1n) is 4.32. The summed E-state index contributed by atoms with van der Waals surface area (Å²) in [5.41, 5.74) is -0.0770. The summed E-state index contributed by atoms with van der Waals surface area (Å²) in [5.74, 6) is -1.52. The van der Waals surface area contributed by atoms with Gasteiger partial charge in [0.2, 0.25) is 5.78 Å². The lowest BCUT2D eigenvalue weighted by atomic mass is 9.95. The topological polar surface area (TPSA) is 63.6 Å². The summed E-state index contributed by atoms with van der Waals surface area (Å²) >= 11 is 0. The summed E-state index contributed by atoms with van der Waals surface area (Å²) in [4.78, 5) is 22.4. The van der Waals surface area contributed by atoms with Gasteiger partial charge in [-0.1, -0.05) is 0 Å². The molecule has 0 fully saturated rings. The predicted octanol–water partition coefficient (Wildman–Crippen LogP) is 1.03. The minimum atomic E-state index is -0.723. The second kappa shape index (κ2) is 2.47. The van der Waals surface area contributed by atoms with Crippen LogP contribution in [0.1, 0.15) is 20.3 Å². The van der Waals surface area contributed by atoms with E-state index in [4.69, 9.17) is 4.74 Å². The molecule has 1 N–H and O–H groups in total. The Balaban J connectivity index is 2.46. The number of carbonyl (C=O) groups excluding carboxylic acids is 2. The molecular weight excluding hydrogens is 184 g/mol. The highest BCUT2D eigenvalue weighted by Gasteiger charge is 2.41. The fraction of sp³-hybridized carbons (Fsp3) is 0.400. The normalized spacial score (nSPS) is 24.6. The molecule has 0 saturated heterocycles. The van der Waals surface area contributed by atoms with E-state index in [9.17, 15) is 14.7 Å². The molecule has 4 heteroatoms. The van der Waals surface area contributed by atoms with Gasteiger partial charge in [0.1, 0.15) is 11.4 Å². The molecule has 1 aliphatic heterocycles. The van der Waals surface area contributed by atoms with Gasteiger partial charge in [0.25, 0.3) is 5.78 Å². The first kappa shape index (κ1) is 8.99. The van der Waals surface area contributed by atoms with Crippen molar-refractivity contribution in [3.63, 3.8) is 0 Å². The largest absolute Gasteiger partial charge is 0.507 e. The predicted molar refractivity (Wildman–Crippen MR) is 47.5 cm³/mol. The number of rotatable bonds is 0. The fourth-order valence-corrected chi connectivity index (χ4v) is 1.66. The van der Waals surface area contributed by atoms with Gasteiger partial charge in [0, 0.05) is 18.1 Å². The Labute approximate surface area is 80.9 Å². The molecule has 0 amide bonds. The Morgan fingerprint density at radius 1 is 1.43 bits per heavy atom. The Morgan fingerprint density at radius 2 is 2.07 bits per heavy atom. The van der Waals surface area contributed by atoms with Crippen molar-refractivity contribution in [2.45, 2.75) is 25.9 Å². The molecule has 0 bridgehead atoms. The molecule has 0 spiro atoms. The van der Waals surface area contributed by atoms with Gasteiger partial charge < -0.3 is 9.84 Å². The fourth-order valence-electron chi connectivity index (χ4n) is 1.66. The van der Waals surface area contributed by atoms with Gasteiger partial charge in [-0.2, -0.15) is 0 Å². The third-order valence-corrected chi connectivity index (χ3v) is 2.26. The summed E-state index contributed by atoms with van der Waals surface area (Å²) < 4.78 is 5.31. The average molecular weight is 194 g/mol. The summed E-state index contributed by atoms with van der Waals surface area (Å²) in [6, 6.07) is 0. The monoisotopic (exact) mass is 194 g/mol. The summed E-state index contributed by atoms with van der Waals surface area (Å²) in [5, 5.41) is 9.45. The van der Waals surface area contributed by atoms with Gasteiger partial charge in [-0.05, 0) is 13.8 Å². The number of allylic oxidation sites excluding steroid dienone is 3. The van der Waals surface area contributed by atoms with E-state index in [2.05, 4.69) is 0 Å². The molecule has 0 aromatic carbocycles. The van der Waals surface area contributed by atoms with Crippen molar-refractivity contribution in [2.75, 3.05) is 0 Å². The van der Waals surface area contributed by atoms with Crippen LogP contribution in [0.5, 0.6) is 0 Å². The van der Waals surface area contributed by atoms with Crippen LogP contribution < -0.4 is 0 Å². The maximum Gasteiger partial charge on any atom is 0.267 e. The summed E-state index contributed by atoms with van der Waals surface area (Å²) in [6.07, 6.45) is 1.40. The lowest BCUT2D eigenvalue weighted by Gasteiger charge is -2.18. The number of hydrogen-bond acceptors (Lipinski definition) is 4. The molecule has 0 aromatic rings. The Bertz CT molecular complexity index is 398. The number of aliphatic hydroxyl groups excluding tert-OH is 1. The number of carbonyl (C=O) groups is 2. The van der Waals surface area contributed by atoms with Crippen LogP contribution in [0.4, 0.5) is 0 Å². The standard InChI is InChI=1S/C10H10O4/c1-10(2)4-5-6(11)3-7(12)8(13)9(5)14-10/h3,11H,4H2,1-2H3. The molecule has 0 radical (unpaired) electrons. The molecule has 74 valence electrons. The number of ether oxygens (including phenoxy) is 1. The van der Waals surface area contributed by atoms with E-state index in [0.29, 0.717) is 12.0 Å². The zero-order valence-electron chi connectivity index (χ0n) is 7.96. The molecular formula is C10H10O4. The lowest BCUT2D eigenvalue weighted by Crippen LogP contribution is -2.22. The van der Waals surface area contributed by atoms with Crippen molar-refractivity contribution in [1.82, 2.24) is 0 Å². The SMILES string of the molecule is CC1(C)CC2=C(O1)C(=O)C(=O)C=C2O. The van der Waals surface area contributed by atoms with E-state index in [0.717, 1.165) is 6.08 Å². The van der Waals surface area contributed by atoms with Crippen LogP contribution in [-0.2, 0) is 14.3 Å². The van der Waals surface area contributed by atoms with E-state index in [1.165, 1.54) is 0 Å². The average Bonchev–Trinajstić information content (AvgIpc) is 2.38. The number of ketones is 2. The first-order valence-corrected chi connectivity index (χ1v) is 4.32. The smallest absolute Gasteiger partial charge is 0.267 e. The Morgan fingerprint density at radius 3 is 2.71 bits per heavy atom. The number of aliphatic hydroxyl groups is 1. The molecule has 0 atom stereocenters. The number of hydrogen-bond donors (Lipinski definition) is 1. The third-order valence-electron chi connectivity index (χ3n) is 2.26. The maximum atomic E-state index is 11.4. The van der Waals surface area contributed by atoms with Gasteiger partial charge in [-0.3, -0.25) is 9.59 Å². The van der Waals surface area contributed by atoms with Crippen LogP contribution in [0.3, 0.4) is 0 Å². The van der Waals surface area contributed by atoms with Crippen molar-refractivity contribution < 1.29 is 19.4 Å². The quantitative estimate of drug-likeness (QED) is 0.462. The van der Waals surface area contributed by atoms with E-state index in [1.807, 2.05) is 0 Å². The Hall–Kier alpha value is -1.58. The second-order valence-corrected chi connectivity index (χ2v) is 4.07. The van der Waals surface area contributed by atoms with Crippen LogP contribution in [0.25, 0.3) is 0 Å². The van der Waals surface area contributed by atoms with Gasteiger partial charge in [-0.25, -0.2) is 0 Å². The van der Waals surface area contributed by atoms with E-state index >= 15 is 0 Å². The highest BCUT2D eigenvalue weighted by atomic mass is 16.5. The van der Waals surface area contributed by atoms with Crippen LogP contribution >= 0.6 is 0 Å². The molecule has 1 aliphatic carbocycles. The number of Topliss-reactive ketones (excluding diaryl/α,β-unsaturated/α-hetero) is 1. The van der Waals surface area contributed by atoms with Crippen molar-refractivity contribution in [1.29, 1.82) is 0 Å². The second-order valence-electron chi connectivity index (χ2n) is 4.07. The van der Waals surface area contributed by atoms with Crippen LogP contribution in [0.2, 0.25) is 0 Å². The molecule has 0 aromatic heterocycles. The first-order chi connectivity index (χ1) is 6.41. The lowest BCUT2D eigenvalue weighted by molar-refractivity contribution is -0.134. The zero-order valence-corrected chi connectivity index (χ0v) is 7.96. The molecule has 0 unspecified atom stereocenters. The summed E-state index contributed by atoms with van der Waals surface area (Å²) in [7, 11) is 0. The van der Waals surface area contributed by atoms with Crippen molar-refractivity contribution in [3.8, 4) is 0 Å². The molecule has 14 heavy (non-hydrogen) atoms.